The highest BCUT2D eigenvalue weighted by Gasteiger charge is 2.09. The Bertz CT molecular complexity index is 923. The van der Waals surface area contributed by atoms with E-state index in [9.17, 15) is 9.59 Å². The Morgan fingerprint density at radius 1 is 0.926 bits per heavy atom. The number of benzene rings is 2. The highest BCUT2D eigenvalue weighted by molar-refractivity contribution is 6.31. The van der Waals surface area contributed by atoms with Crippen LogP contribution in [-0.4, -0.2) is 11.8 Å². The third-order valence-corrected chi connectivity index (χ3v) is 4.36. The smallest absolute Gasteiger partial charge is 0.251 e. The Balaban J connectivity index is 1.53. The number of hydrogen-bond donors (Lipinski definition) is 2. The van der Waals surface area contributed by atoms with E-state index >= 15 is 0 Å². The second-order valence-corrected chi connectivity index (χ2v) is 6.41. The van der Waals surface area contributed by atoms with Gasteiger partial charge in [0.25, 0.3) is 5.91 Å². The van der Waals surface area contributed by atoms with Crippen molar-refractivity contribution in [2.45, 2.75) is 19.5 Å². The topological polar surface area (TPSA) is 71.3 Å². The molecule has 138 valence electrons. The van der Waals surface area contributed by atoms with Crippen LogP contribution >= 0.6 is 11.6 Å². The summed E-state index contributed by atoms with van der Waals surface area (Å²) in [5, 5.41) is 6.22. The summed E-state index contributed by atoms with van der Waals surface area (Å²) in [5.74, 6) is 0.359. The molecule has 3 rings (SSSR count). The fraction of sp³-hybridized carbons (Fsp3) is 0.143. The van der Waals surface area contributed by atoms with Gasteiger partial charge in [-0.1, -0.05) is 41.9 Å². The van der Waals surface area contributed by atoms with E-state index in [0.29, 0.717) is 29.4 Å². The third kappa shape index (κ3) is 5.46. The van der Waals surface area contributed by atoms with E-state index in [4.69, 9.17) is 16.0 Å². The molecule has 0 saturated heterocycles. The quantitative estimate of drug-likeness (QED) is 0.654. The zero-order chi connectivity index (χ0) is 19.1. The van der Waals surface area contributed by atoms with Crippen molar-refractivity contribution in [2.24, 2.45) is 0 Å². The van der Waals surface area contributed by atoms with Crippen molar-refractivity contribution in [3.8, 4) is 0 Å². The number of carbonyl (C=O) groups excluding carboxylic acids is 2. The summed E-state index contributed by atoms with van der Waals surface area (Å²) in [4.78, 5) is 24.4. The first-order chi connectivity index (χ1) is 13.1. The number of rotatable bonds is 7. The Morgan fingerprint density at radius 3 is 2.56 bits per heavy atom. The Kier molecular flexibility index (Phi) is 6.28. The summed E-state index contributed by atoms with van der Waals surface area (Å²) in [6.07, 6.45) is 1.77. The second kappa shape index (κ2) is 9.05. The highest BCUT2D eigenvalue weighted by atomic mass is 35.5. The summed E-state index contributed by atoms with van der Waals surface area (Å²) in [5.41, 5.74) is 2.15. The van der Waals surface area contributed by atoms with Crippen molar-refractivity contribution in [3.05, 3.63) is 94.4 Å². The van der Waals surface area contributed by atoms with Gasteiger partial charge in [0.2, 0.25) is 5.91 Å². The van der Waals surface area contributed by atoms with Crippen molar-refractivity contribution in [1.29, 1.82) is 0 Å². The molecule has 2 aromatic carbocycles. The van der Waals surface area contributed by atoms with Gasteiger partial charge in [0, 0.05) is 17.1 Å². The van der Waals surface area contributed by atoms with Crippen LogP contribution in [-0.2, 0) is 24.3 Å². The van der Waals surface area contributed by atoms with Crippen LogP contribution in [0.2, 0.25) is 5.02 Å². The van der Waals surface area contributed by atoms with Crippen LogP contribution in [0.3, 0.4) is 0 Å². The third-order valence-electron chi connectivity index (χ3n) is 3.99. The van der Waals surface area contributed by atoms with Gasteiger partial charge in [-0.25, -0.2) is 0 Å². The number of amides is 2. The van der Waals surface area contributed by atoms with Gasteiger partial charge in [-0.15, -0.1) is 0 Å². The van der Waals surface area contributed by atoms with Crippen molar-refractivity contribution in [1.82, 2.24) is 10.6 Å². The van der Waals surface area contributed by atoms with Gasteiger partial charge < -0.3 is 15.1 Å². The Morgan fingerprint density at radius 2 is 1.78 bits per heavy atom. The lowest BCUT2D eigenvalue weighted by Gasteiger charge is -2.08. The summed E-state index contributed by atoms with van der Waals surface area (Å²) >= 11 is 6.08. The lowest BCUT2D eigenvalue weighted by atomic mass is 10.1. The summed E-state index contributed by atoms with van der Waals surface area (Å²) in [7, 11) is 0. The van der Waals surface area contributed by atoms with E-state index in [2.05, 4.69) is 10.6 Å². The molecule has 0 aliphatic rings. The molecule has 5 nitrogen and oxygen atoms in total. The maximum absolute atomic E-state index is 12.3. The molecule has 0 radical (unpaired) electrons. The summed E-state index contributed by atoms with van der Waals surface area (Å²) < 4.78 is 5.19. The molecule has 0 atom stereocenters. The van der Waals surface area contributed by atoms with E-state index in [0.717, 1.165) is 11.1 Å². The molecule has 1 aromatic heterocycles. The molecule has 0 saturated carbocycles. The Hall–Kier alpha value is -3.05. The minimum absolute atomic E-state index is 0.129. The number of furan rings is 1. The van der Waals surface area contributed by atoms with E-state index in [-0.39, 0.29) is 18.2 Å². The molecule has 2 N–H and O–H groups in total. The van der Waals surface area contributed by atoms with Crippen LogP contribution in [0.4, 0.5) is 0 Å². The van der Waals surface area contributed by atoms with E-state index in [1.807, 2.05) is 24.3 Å². The molecule has 6 heteroatoms. The monoisotopic (exact) mass is 382 g/mol. The van der Waals surface area contributed by atoms with Crippen LogP contribution in [0.5, 0.6) is 0 Å². The minimum Gasteiger partial charge on any atom is -0.467 e. The average Bonchev–Trinajstić information content (AvgIpc) is 3.20. The average molecular weight is 383 g/mol. The molecule has 0 aliphatic carbocycles. The SMILES string of the molecule is O=C(Cc1ccccc1Cl)NCc1cccc(C(=O)NCc2ccco2)c1. The number of carbonyl (C=O) groups is 2. The molecule has 2 amide bonds. The number of hydrogen-bond acceptors (Lipinski definition) is 3. The van der Waals surface area contributed by atoms with Crippen LogP contribution in [0, 0.1) is 0 Å². The highest BCUT2D eigenvalue weighted by Crippen LogP contribution is 2.15. The molecule has 0 aliphatic heterocycles. The van der Waals surface area contributed by atoms with Gasteiger partial charge in [-0.2, -0.15) is 0 Å². The van der Waals surface area contributed by atoms with Crippen LogP contribution in [0.25, 0.3) is 0 Å². The van der Waals surface area contributed by atoms with E-state index < -0.39 is 0 Å². The van der Waals surface area contributed by atoms with Crippen molar-refractivity contribution in [2.75, 3.05) is 0 Å². The summed E-state index contributed by atoms with van der Waals surface area (Å²) in [6.45, 7) is 0.660. The molecule has 0 unspecified atom stereocenters. The fourth-order valence-electron chi connectivity index (χ4n) is 2.58. The maximum atomic E-state index is 12.3. The van der Waals surface area contributed by atoms with Crippen LogP contribution in [0.1, 0.15) is 27.2 Å². The molecule has 3 aromatic rings. The fourth-order valence-corrected chi connectivity index (χ4v) is 2.79. The van der Waals surface area contributed by atoms with Crippen LogP contribution in [0.15, 0.2) is 71.3 Å². The first-order valence-corrected chi connectivity index (χ1v) is 8.89. The predicted octanol–water partition coefficient (Wildman–Crippen LogP) is 3.72. The molecule has 1 heterocycles. The Labute approximate surface area is 162 Å². The maximum Gasteiger partial charge on any atom is 0.251 e. The molecular weight excluding hydrogens is 364 g/mol. The molecular formula is C21H19ClN2O3. The predicted molar refractivity (Wildman–Crippen MR) is 103 cm³/mol. The van der Waals surface area contributed by atoms with E-state index in [1.165, 1.54) is 0 Å². The number of halogens is 1. The van der Waals surface area contributed by atoms with Crippen molar-refractivity contribution < 1.29 is 14.0 Å². The normalized spacial score (nSPS) is 10.4. The summed E-state index contributed by atoms with van der Waals surface area (Å²) in [6, 6.07) is 18.0. The molecule has 27 heavy (non-hydrogen) atoms. The van der Waals surface area contributed by atoms with Crippen LogP contribution < -0.4 is 10.6 Å². The molecule has 0 spiro atoms. The lowest BCUT2D eigenvalue weighted by molar-refractivity contribution is -0.120. The van der Waals surface area contributed by atoms with Gasteiger partial charge in [0.1, 0.15) is 5.76 Å². The molecule has 0 fully saturated rings. The van der Waals surface area contributed by atoms with Gasteiger partial charge in [-0.05, 0) is 41.5 Å². The van der Waals surface area contributed by atoms with Crippen molar-refractivity contribution in [3.63, 3.8) is 0 Å². The zero-order valence-corrected chi connectivity index (χ0v) is 15.3. The van der Waals surface area contributed by atoms with Gasteiger partial charge in [0.05, 0.1) is 19.2 Å². The first-order valence-electron chi connectivity index (χ1n) is 8.51. The lowest BCUT2D eigenvalue weighted by Crippen LogP contribution is -2.25. The number of nitrogens with one attached hydrogen (secondary N) is 2. The van der Waals surface area contributed by atoms with Gasteiger partial charge in [-0.3, -0.25) is 9.59 Å². The second-order valence-electron chi connectivity index (χ2n) is 6.01. The zero-order valence-electron chi connectivity index (χ0n) is 14.6. The van der Waals surface area contributed by atoms with Gasteiger partial charge >= 0.3 is 0 Å². The largest absolute Gasteiger partial charge is 0.467 e. The van der Waals surface area contributed by atoms with Crippen molar-refractivity contribution >= 4 is 23.4 Å². The minimum atomic E-state index is -0.198. The molecule has 0 bridgehead atoms. The van der Waals surface area contributed by atoms with Gasteiger partial charge in [0.15, 0.2) is 0 Å². The standard InChI is InChI=1S/C21H19ClN2O3/c22-19-9-2-1-6-16(19)12-20(25)23-13-15-5-3-7-17(11-15)21(26)24-14-18-8-4-10-27-18/h1-11H,12-14H2,(H,23,25)(H,24,26). The van der Waals surface area contributed by atoms with E-state index in [1.54, 1.807) is 42.7 Å². The first kappa shape index (κ1) is 18.7.